The van der Waals surface area contributed by atoms with Crippen LogP contribution in [-0.2, 0) is 0 Å². The van der Waals surface area contributed by atoms with Crippen molar-refractivity contribution < 1.29 is 9.90 Å². The lowest BCUT2D eigenvalue weighted by Gasteiger charge is -2.13. The highest BCUT2D eigenvalue weighted by Gasteiger charge is 2.17. The van der Waals surface area contributed by atoms with E-state index in [1.165, 1.54) is 0 Å². The van der Waals surface area contributed by atoms with Gasteiger partial charge in [0.05, 0.1) is 5.56 Å². The monoisotopic (exact) mass is 261 g/mol. The summed E-state index contributed by atoms with van der Waals surface area (Å²) >= 11 is 0. The Bertz CT molecular complexity index is 571. The summed E-state index contributed by atoms with van der Waals surface area (Å²) < 4.78 is 1.82. The van der Waals surface area contributed by atoms with Crippen LogP contribution in [0.3, 0.4) is 0 Å². The highest BCUT2D eigenvalue weighted by molar-refractivity contribution is 5.87. The van der Waals surface area contributed by atoms with E-state index in [0.717, 1.165) is 31.5 Å². The Hall–Kier alpha value is -1.91. The molecule has 0 radical (unpaired) electrons. The third kappa shape index (κ3) is 2.75. The predicted octanol–water partition coefficient (Wildman–Crippen LogP) is 3.11. The van der Waals surface area contributed by atoms with Gasteiger partial charge in [-0.05, 0) is 25.0 Å². The second-order valence-corrected chi connectivity index (χ2v) is 4.78. The largest absolute Gasteiger partial charge is 0.478 e. The maximum atomic E-state index is 11.0. The summed E-state index contributed by atoms with van der Waals surface area (Å²) in [6, 6.07) is 3.26. The molecule has 102 valence electrons. The number of hydrogen-bond acceptors (Lipinski definition) is 3. The van der Waals surface area contributed by atoms with Gasteiger partial charge in [-0.2, -0.15) is 0 Å². The summed E-state index contributed by atoms with van der Waals surface area (Å²) in [6.07, 6.45) is 5.87. The van der Waals surface area contributed by atoms with E-state index in [0.29, 0.717) is 11.6 Å². The summed E-state index contributed by atoms with van der Waals surface area (Å²) in [5, 5.41) is 17.4. The Kier molecular flexibility index (Phi) is 4.14. The smallest absolute Gasteiger partial charge is 0.337 e. The maximum Gasteiger partial charge on any atom is 0.337 e. The first kappa shape index (κ1) is 13.5. The molecule has 0 aliphatic carbocycles. The minimum atomic E-state index is -0.927. The zero-order valence-electron chi connectivity index (χ0n) is 11.3. The topological polar surface area (TPSA) is 67.5 Å². The van der Waals surface area contributed by atoms with Crippen molar-refractivity contribution in [2.24, 2.45) is 0 Å². The number of nitrogens with zero attached hydrogens (tertiary/aromatic N) is 3. The van der Waals surface area contributed by atoms with Gasteiger partial charge in [0.1, 0.15) is 5.82 Å². The lowest BCUT2D eigenvalue weighted by molar-refractivity contribution is 0.0696. The van der Waals surface area contributed by atoms with E-state index in [1.807, 2.05) is 4.40 Å². The van der Waals surface area contributed by atoms with Crippen LogP contribution in [0.25, 0.3) is 5.65 Å². The highest BCUT2D eigenvalue weighted by Crippen LogP contribution is 2.25. The normalized spacial score (nSPS) is 11.3. The minimum Gasteiger partial charge on any atom is -0.478 e. The molecule has 1 N–H and O–H groups in total. The molecule has 0 amide bonds. The standard InChI is InChI=1S/C14H19N3O2/c1-3-5-10(6-4-2)13-16-15-12-8-7-11(14(18)19)9-17(12)13/h7-10H,3-6H2,1-2H3,(H,18,19). The van der Waals surface area contributed by atoms with Crippen LogP contribution in [-0.4, -0.2) is 25.7 Å². The third-order valence-electron chi connectivity index (χ3n) is 3.32. The quantitative estimate of drug-likeness (QED) is 0.867. The van der Waals surface area contributed by atoms with Gasteiger partial charge in [-0.25, -0.2) is 4.79 Å². The molecule has 0 aromatic carbocycles. The molecule has 0 atom stereocenters. The summed E-state index contributed by atoms with van der Waals surface area (Å²) in [5.74, 6) is 0.292. The molecule has 0 fully saturated rings. The Morgan fingerprint density at radius 3 is 2.53 bits per heavy atom. The average Bonchev–Trinajstić information content (AvgIpc) is 2.81. The molecular weight excluding hydrogens is 242 g/mol. The third-order valence-corrected chi connectivity index (χ3v) is 3.32. The first-order valence-electron chi connectivity index (χ1n) is 6.75. The molecule has 0 spiro atoms. The van der Waals surface area contributed by atoms with Crippen molar-refractivity contribution in [3.05, 3.63) is 29.7 Å². The lowest BCUT2D eigenvalue weighted by atomic mass is 9.97. The molecule has 0 bridgehead atoms. The molecule has 5 nitrogen and oxygen atoms in total. The van der Waals surface area contributed by atoms with Crippen molar-refractivity contribution in [2.45, 2.75) is 45.4 Å². The summed E-state index contributed by atoms with van der Waals surface area (Å²) in [7, 11) is 0. The lowest BCUT2D eigenvalue weighted by Crippen LogP contribution is -2.06. The number of carbonyl (C=O) groups is 1. The number of rotatable bonds is 6. The van der Waals surface area contributed by atoms with Gasteiger partial charge in [-0.15, -0.1) is 10.2 Å². The number of hydrogen-bond donors (Lipinski definition) is 1. The van der Waals surface area contributed by atoms with Crippen molar-refractivity contribution in [1.82, 2.24) is 14.6 Å². The van der Waals surface area contributed by atoms with Crippen molar-refractivity contribution in [3.63, 3.8) is 0 Å². The number of fused-ring (bicyclic) bond motifs is 1. The van der Waals surface area contributed by atoms with Crippen LogP contribution in [0.1, 0.15) is 61.6 Å². The van der Waals surface area contributed by atoms with E-state index < -0.39 is 5.97 Å². The van der Waals surface area contributed by atoms with E-state index in [9.17, 15) is 4.79 Å². The molecule has 0 saturated carbocycles. The average molecular weight is 261 g/mol. The van der Waals surface area contributed by atoms with Gasteiger partial charge in [-0.3, -0.25) is 4.40 Å². The fourth-order valence-corrected chi connectivity index (χ4v) is 2.41. The molecule has 2 heterocycles. The predicted molar refractivity (Wildman–Crippen MR) is 72.5 cm³/mol. The van der Waals surface area contributed by atoms with Gasteiger partial charge in [-0.1, -0.05) is 26.7 Å². The van der Waals surface area contributed by atoms with Gasteiger partial charge in [0.15, 0.2) is 5.65 Å². The second-order valence-electron chi connectivity index (χ2n) is 4.78. The van der Waals surface area contributed by atoms with Crippen LogP contribution in [0, 0.1) is 0 Å². The Labute approximate surface area is 112 Å². The molecule has 2 rings (SSSR count). The molecule has 0 saturated heterocycles. The number of pyridine rings is 1. The number of aromatic nitrogens is 3. The van der Waals surface area contributed by atoms with Crippen LogP contribution in [0.15, 0.2) is 18.3 Å². The minimum absolute atomic E-state index is 0.264. The fraction of sp³-hybridized carbons (Fsp3) is 0.500. The van der Waals surface area contributed by atoms with Gasteiger partial charge in [0, 0.05) is 12.1 Å². The second kappa shape index (κ2) is 5.82. The van der Waals surface area contributed by atoms with E-state index in [-0.39, 0.29) is 5.56 Å². The zero-order valence-corrected chi connectivity index (χ0v) is 11.3. The van der Waals surface area contributed by atoms with Crippen molar-refractivity contribution >= 4 is 11.6 Å². The highest BCUT2D eigenvalue weighted by atomic mass is 16.4. The Morgan fingerprint density at radius 1 is 1.26 bits per heavy atom. The summed E-state index contributed by atoms with van der Waals surface area (Å²) in [6.45, 7) is 4.29. The van der Waals surface area contributed by atoms with Crippen molar-refractivity contribution in [3.8, 4) is 0 Å². The Balaban J connectivity index is 2.46. The van der Waals surface area contributed by atoms with Gasteiger partial charge in [0.2, 0.25) is 0 Å². The molecule has 2 aromatic rings. The molecule has 0 aliphatic rings. The molecule has 5 heteroatoms. The van der Waals surface area contributed by atoms with Gasteiger partial charge in [0.25, 0.3) is 0 Å². The fourth-order valence-electron chi connectivity index (χ4n) is 2.41. The Morgan fingerprint density at radius 2 is 1.95 bits per heavy atom. The van der Waals surface area contributed by atoms with Crippen LogP contribution >= 0.6 is 0 Å². The maximum absolute atomic E-state index is 11.0. The molecule has 2 aromatic heterocycles. The van der Waals surface area contributed by atoms with Crippen molar-refractivity contribution in [2.75, 3.05) is 0 Å². The SMILES string of the molecule is CCCC(CCC)c1nnc2ccc(C(=O)O)cn12. The van der Waals surface area contributed by atoms with Crippen LogP contribution < -0.4 is 0 Å². The van der Waals surface area contributed by atoms with Crippen molar-refractivity contribution in [1.29, 1.82) is 0 Å². The van der Waals surface area contributed by atoms with E-state index >= 15 is 0 Å². The number of carboxylic acids is 1. The number of carboxylic acid groups (broad SMARTS) is 1. The van der Waals surface area contributed by atoms with Crippen LogP contribution in [0.4, 0.5) is 0 Å². The zero-order chi connectivity index (χ0) is 13.8. The summed E-state index contributed by atoms with van der Waals surface area (Å²) in [4.78, 5) is 11.0. The first-order chi connectivity index (χ1) is 9.17. The molecule has 0 unspecified atom stereocenters. The summed E-state index contributed by atoms with van der Waals surface area (Å²) in [5.41, 5.74) is 0.970. The van der Waals surface area contributed by atoms with Gasteiger partial charge < -0.3 is 5.11 Å². The van der Waals surface area contributed by atoms with Crippen LogP contribution in [0.2, 0.25) is 0 Å². The van der Waals surface area contributed by atoms with E-state index in [4.69, 9.17) is 5.11 Å². The van der Waals surface area contributed by atoms with Crippen LogP contribution in [0.5, 0.6) is 0 Å². The van der Waals surface area contributed by atoms with E-state index in [2.05, 4.69) is 24.0 Å². The van der Waals surface area contributed by atoms with E-state index in [1.54, 1.807) is 18.3 Å². The molecule has 0 aliphatic heterocycles. The molecule has 19 heavy (non-hydrogen) atoms. The van der Waals surface area contributed by atoms with Gasteiger partial charge >= 0.3 is 5.97 Å². The number of aromatic carboxylic acids is 1. The first-order valence-corrected chi connectivity index (χ1v) is 6.75. The molecular formula is C14H19N3O2.